The van der Waals surface area contributed by atoms with Crippen LogP contribution in [0.3, 0.4) is 0 Å². The lowest BCUT2D eigenvalue weighted by molar-refractivity contribution is 0.531. The standard InChI is InChI=1S/C14H19FN4/c1-3-7-19-13(17-9-18-19)8-12(16)11-6-4-5-10(2)14(11)15/h4-6,9,12H,3,7-8,16H2,1-2H3. The predicted molar refractivity (Wildman–Crippen MR) is 72.1 cm³/mol. The molecule has 1 aromatic heterocycles. The molecule has 0 aliphatic carbocycles. The monoisotopic (exact) mass is 262 g/mol. The maximum absolute atomic E-state index is 14.0. The van der Waals surface area contributed by atoms with Crippen LogP contribution in [-0.2, 0) is 13.0 Å². The largest absolute Gasteiger partial charge is 0.323 e. The van der Waals surface area contributed by atoms with E-state index in [2.05, 4.69) is 17.0 Å². The second kappa shape index (κ2) is 5.93. The summed E-state index contributed by atoms with van der Waals surface area (Å²) in [6.45, 7) is 4.62. The first-order valence-corrected chi connectivity index (χ1v) is 6.50. The summed E-state index contributed by atoms with van der Waals surface area (Å²) in [6.07, 6.45) is 2.98. The number of benzene rings is 1. The van der Waals surface area contributed by atoms with Crippen LogP contribution >= 0.6 is 0 Å². The quantitative estimate of drug-likeness (QED) is 0.900. The van der Waals surface area contributed by atoms with Gasteiger partial charge in [-0.2, -0.15) is 5.10 Å². The SMILES string of the molecule is CCCn1ncnc1CC(N)c1cccc(C)c1F. The van der Waals surface area contributed by atoms with Crippen molar-refractivity contribution in [2.75, 3.05) is 0 Å². The lowest BCUT2D eigenvalue weighted by Crippen LogP contribution is -2.18. The minimum atomic E-state index is -0.403. The van der Waals surface area contributed by atoms with Gasteiger partial charge in [0.05, 0.1) is 0 Å². The average Bonchev–Trinajstić information content (AvgIpc) is 2.80. The Bertz CT molecular complexity index is 550. The van der Waals surface area contributed by atoms with Gasteiger partial charge in [-0.15, -0.1) is 0 Å². The van der Waals surface area contributed by atoms with E-state index in [1.807, 2.05) is 10.7 Å². The van der Waals surface area contributed by atoms with Gasteiger partial charge in [0.2, 0.25) is 0 Å². The predicted octanol–water partition coefficient (Wildman–Crippen LogP) is 2.38. The minimum Gasteiger partial charge on any atom is -0.323 e. The molecule has 0 aliphatic heterocycles. The number of halogens is 1. The smallest absolute Gasteiger partial charge is 0.138 e. The van der Waals surface area contributed by atoms with Crippen LogP contribution in [-0.4, -0.2) is 14.8 Å². The summed E-state index contributed by atoms with van der Waals surface area (Å²) < 4.78 is 15.8. The molecule has 0 saturated heterocycles. The highest BCUT2D eigenvalue weighted by atomic mass is 19.1. The third kappa shape index (κ3) is 2.98. The molecule has 2 N–H and O–H groups in total. The second-order valence-corrected chi connectivity index (χ2v) is 4.69. The summed E-state index contributed by atoms with van der Waals surface area (Å²) in [5, 5.41) is 4.15. The van der Waals surface area contributed by atoms with E-state index < -0.39 is 6.04 Å². The number of hydrogen-bond acceptors (Lipinski definition) is 3. The van der Waals surface area contributed by atoms with E-state index in [1.165, 1.54) is 6.33 Å². The minimum absolute atomic E-state index is 0.225. The van der Waals surface area contributed by atoms with Crippen molar-refractivity contribution in [3.05, 3.63) is 47.3 Å². The van der Waals surface area contributed by atoms with E-state index in [-0.39, 0.29) is 5.82 Å². The molecule has 0 radical (unpaired) electrons. The Morgan fingerprint density at radius 1 is 1.42 bits per heavy atom. The van der Waals surface area contributed by atoms with Gasteiger partial charge in [0, 0.05) is 24.6 Å². The number of nitrogens with zero attached hydrogens (tertiary/aromatic N) is 3. The molecule has 1 heterocycles. The van der Waals surface area contributed by atoms with E-state index in [9.17, 15) is 4.39 Å². The molecule has 102 valence electrons. The van der Waals surface area contributed by atoms with Crippen LogP contribution in [0.15, 0.2) is 24.5 Å². The van der Waals surface area contributed by atoms with Crippen molar-refractivity contribution in [2.24, 2.45) is 5.73 Å². The van der Waals surface area contributed by atoms with E-state index in [4.69, 9.17) is 5.73 Å². The maximum atomic E-state index is 14.0. The molecule has 0 amide bonds. The molecule has 4 nitrogen and oxygen atoms in total. The van der Waals surface area contributed by atoms with Crippen LogP contribution in [0, 0.1) is 12.7 Å². The summed E-state index contributed by atoms with van der Waals surface area (Å²) in [5.41, 5.74) is 7.25. The number of hydrogen-bond donors (Lipinski definition) is 1. The normalized spacial score (nSPS) is 12.6. The Balaban J connectivity index is 2.18. The molecule has 1 atom stereocenters. The van der Waals surface area contributed by atoms with Gasteiger partial charge in [-0.3, -0.25) is 4.68 Å². The van der Waals surface area contributed by atoms with Gasteiger partial charge < -0.3 is 5.73 Å². The van der Waals surface area contributed by atoms with E-state index in [1.54, 1.807) is 19.1 Å². The van der Waals surface area contributed by atoms with Crippen molar-refractivity contribution in [3.8, 4) is 0 Å². The third-order valence-electron chi connectivity index (χ3n) is 3.15. The Morgan fingerprint density at radius 2 is 2.21 bits per heavy atom. The molecule has 0 aliphatic rings. The van der Waals surface area contributed by atoms with Gasteiger partial charge in [-0.25, -0.2) is 9.37 Å². The van der Waals surface area contributed by atoms with Crippen molar-refractivity contribution in [1.29, 1.82) is 0 Å². The van der Waals surface area contributed by atoms with Gasteiger partial charge in [-0.05, 0) is 18.9 Å². The van der Waals surface area contributed by atoms with Gasteiger partial charge >= 0.3 is 0 Å². The van der Waals surface area contributed by atoms with Crippen LogP contribution in [0.5, 0.6) is 0 Å². The van der Waals surface area contributed by atoms with Crippen molar-refractivity contribution in [3.63, 3.8) is 0 Å². The molecule has 1 aromatic carbocycles. The zero-order valence-electron chi connectivity index (χ0n) is 11.3. The highest BCUT2D eigenvalue weighted by Gasteiger charge is 2.16. The zero-order valence-corrected chi connectivity index (χ0v) is 11.3. The Labute approximate surface area is 112 Å². The summed E-state index contributed by atoms with van der Waals surface area (Å²) >= 11 is 0. The van der Waals surface area contributed by atoms with Gasteiger partial charge in [0.25, 0.3) is 0 Å². The summed E-state index contributed by atoms with van der Waals surface area (Å²) in [5.74, 6) is 0.576. The van der Waals surface area contributed by atoms with Crippen LogP contribution in [0.4, 0.5) is 4.39 Å². The molecule has 19 heavy (non-hydrogen) atoms. The Kier molecular flexibility index (Phi) is 4.27. The summed E-state index contributed by atoms with van der Waals surface area (Å²) in [7, 11) is 0. The van der Waals surface area contributed by atoms with E-state index >= 15 is 0 Å². The third-order valence-corrected chi connectivity index (χ3v) is 3.15. The first-order valence-electron chi connectivity index (χ1n) is 6.50. The van der Waals surface area contributed by atoms with Crippen molar-refractivity contribution < 1.29 is 4.39 Å². The first kappa shape index (κ1) is 13.7. The molecular weight excluding hydrogens is 243 g/mol. The van der Waals surface area contributed by atoms with E-state index in [0.29, 0.717) is 17.5 Å². The van der Waals surface area contributed by atoms with Crippen LogP contribution in [0.2, 0.25) is 0 Å². The molecular formula is C14H19FN4. The fraction of sp³-hybridized carbons (Fsp3) is 0.429. The molecule has 0 fully saturated rings. The summed E-state index contributed by atoms with van der Waals surface area (Å²) in [6, 6.07) is 4.89. The Morgan fingerprint density at radius 3 is 2.95 bits per heavy atom. The molecule has 0 saturated carbocycles. The van der Waals surface area contributed by atoms with Gasteiger partial charge in [0.1, 0.15) is 18.0 Å². The van der Waals surface area contributed by atoms with Crippen LogP contribution in [0.1, 0.15) is 36.3 Å². The second-order valence-electron chi connectivity index (χ2n) is 4.69. The molecule has 0 spiro atoms. The summed E-state index contributed by atoms with van der Waals surface area (Å²) in [4.78, 5) is 4.20. The lowest BCUT2D eigenvalue weighted by atomic mass is 10.0. The fourth-order valence-electron chi connectivity index (χ4n) is 2.11. The fourth-order valence-corrected chi connectivity index (χ4v) is 2.11. The van der Waals surface area contributed by atoms with Gasteiger partial charge in [-0.1, -0.05) is 25.1 Å². The van der Waals surface area contributed by atoms with Crippen LogP contribution in [0.25, 0.3) is 0 Å². The highest BCUT2D eigenvalue weighted by molar-refractivity contribution is 5.27. The average molecular weight is 262 g/mol. The van der Waals surface area contributed by atoms with Crippen molar-refractivity contribution in [2.45, 2.75) is 39.3 Å². The molecule has 5 heteroatoms. The molecule has 0 bridgehead atoms. The lowest BCUT2D eigenvalue weighted by Gasteiger charge is -2.14. The topological polar surface area (TPSA) is 56.7 Å². The number of rotatable bonds is 5. The molecule has 1 unspecified atom stereocenters. The van der Waals surface area contributed by atoms with E-state index in [0.717, 1.165) is 18.8 Å². The van der Waals surface area contributed by atoms with Crippen molar-refractivity contribution >= 4 is 0 Å². The molecule has 2 aromatic rings. The number of aromatic nitrogens is 3. The first-order chi connectivity index (χ1) is 9.13. The van der Waals surface area contributed by atoms with Gasteiger partial charge in [0.15, 0.2) is 0 Å². The highest BCUT2D eigenvalue weighted by Crippen LogP contribution is 2.20. The maximum Gasteiger partial charge on any atom is 0.138 e. The molecule has 2 rings (SSSR count). The van der Waals surface area contributed by atoms with Crippen molar-refractivity contribution in [1.82, 2.24) is 14.8 Å². The Hall–Kier alpha value is -1.75. The van der Waals surface area contributed by atoms with Crippen LogP contribution < -0.4 is 5.73 Å². The zero-order chi connectivity index (χ0) is 13.8. The number of aryl methyl sites for hydroxylation is 2. The number of nitrogens with two attached hydrogens (primary N) is 1.